The normalized spacial score (nSPS) is 18.5. The number of amides is 2. The van der Waals surface area contributed by atoms with Gasteiger partial charge in [0.05, 0.1) is 6.04 Å². The second-order valence-corrected chi connectivity index (χ2v) is 6.58. The Hall–Kier alpha value is -2.33. The first kappa shape index (κ1) is 16.5. The topological polar surface area (TPSA) is 35.6 Å². The monoisotopic (exact) mass is 323 g/mol. The molecule has 1 saturated heterocycles. The van der Waals surface area contributed by atoms with Crippen molar-refractivity contribution in [3.63, 3.8) is 0 Å². The van der Waals surface area contributed by atoms with E-state index in [0.717, 1.165) is 36.4 Å². The summed E-state index contributed by atoms with van der Waals surface area (Å²) in [5, 5.41) is 3.13. The number of para-hydroxylation sites is 1. The van der Waals surface area contributed by atoms with Gasteiger partial charge in [0.25, 0.3) is 0 Å². The van der Waals surface area contributed by atoms with Crippen molar-refractivity contribution in [2.24, 2.45) is 0 Å². The van der Waals surface area contributed by atoms with Crippen molar-refractivity contribution in [1.82, 2.24) is 9.80 Å². The number of carbonyl (C=O) groups excluding carboxylic acids is 1. The number of hydrogen-bond acceptors (Lipinski definition) is 2. The lowest BCUT2D eigenvalue weighted by Gasteiger charge is -2.40. The standard InChI is InChI=1S/C20H25N3O/c1-15-8-7-9-16(2)19(15)21-20(24)23-13-12-22(3)14-18(23)17-10-5-4-6-11-17/h4-11,18H,12-14H2,1-3H3,(H,21,24)/t18-/m1/s1. The van der Waals surface area contributed by atoms with Gasteiger partial charge in [-0.05, 0) is 37.6 Å². The van der Waals surface area contributed by atoms with Crippen molar-refractivity contribution in [2.75, 3.05) is 32.0 Å². The molecule has 2 aromatic rings. The number of aryl methyl sites for hydroxylation is 2. The quantitative estimate of drug-likeness (QED) is 0.912. The molecule has 0 spiro atoms. The molecule has 0 aliphatic carbocycles. The minimum atomic E-state index is -0.0191. The fourth-order valence-corrected chi connectivity index (χ4v) is 3.31. The van der Waals surface area contributed by atoms with E-state index in [4.69, 9.17) is 0 Å². The van der Waals surface area contributed by atoms with E-state index in [-0.39, 0.29) is 12.1 Å². The number of piperazine rings is 1. The van der Waals surface area contributed by atoms with E-state index < -0.39 is 0 Å². The molecule has 0 bridgehead atoms. The number of rotatable bonds is 2. The minimum Gasteiger partial charge on any atom is -0.315 e. The highest BCUT2D eigenvalue weighted by molar-refractivity contribution is 5.91. The summed E-state index contributed by atoms with van der Waals surface area (Å²) in [6.07, 6.45) is 0. The van der Waals surface area contributed by atoms with Crippen LogP contribution in [0, 0.1) is 13.8 Å². The number of benzene rings is 2. The van der Waals surface area contributed by atoms with Crippen LogP contribution in [-0.4, -0.2) is 42.5 Å². The summed E-state index contributed by atoms with van der Waals surface area (Å²) >= 11 is 0. The van der Waals surface area contributed by atoms with E-state index >= 15 is 0 Å². The number of hydrogen-bond donors (Lipinski definition) is 1. The third-order valence-electron chi connectivity index (χ3n) is 4.74. The third-order valence-corrected chi connectivity index (χ3v) is 4.74. The summed E-state index contributed by atoms with van der Waals surface area (Å²) in [6.45, 7) is 6.53. The first-order chi connectivity index (χ1) is 11.6. The summed E-state index contributed by atoms with van der Waals surface area (Å²) in [4.78, 5) is 17.2. The smallest absolute Gasteiger partial charge is 0.315 e. The summed E-state index contributed by atoms with van der Waals surface area (Å²) in [7, 11) is 2.11. The molecule has 0 unspecified atom stereocenters. The Kier molecular flexibility index (Phi) is 4.86. The Balaban J connectivity index is 1.84. The average molecular weight is 323 g/mol. The van der Waals surface area contributed by atoms with Crippen LogP contribution in [0.2, 0.25) is 0 Å². The molecule has 24 heavy (non-hydrogen) atoms. The number of nitrogens with zero attached hydrogens (tertiary/aromatic N) is 2. The third kappa shape index (κ3) is 3.44. The highest BCUT2D eigenvalue weighted by atomic mass is 16.2. The Morgan fingerprint density at radius 2 is 1.67 bits per heavy atom. The van der Waals surface area contributed by atoms with E-state index in [0.29, 0.717) is 0 Å². The molecule has 0 aromatic heterocycles. The van der Waals surface area contributed by atoms with Gasteiger partial charge in [0, 0.05) is 25.3 Å². The Morgan fingerprint density at radius 3 is 2.33 bits per heavy atom. The largest absolute Gasteiger partial charge is 0.322 e. The van der Waals surface area contributed by atoms with E-state index in [2.05, 4.69) is 29.4 Å². The number of likely N-dealkylation sites (N-methyl/N-ethyl adjacent to an activating group) is 1. The van der Waals surface area contributed by atoms with E-state index in [1.165, 1.54) is 5.56 Å². The van der Waals surface area contributed by atoms with Crippen molar-refractivity contribution in [3.05, 3.63) is 65.2 Å². The van der Waals surface area contributed by atoms with Crippen molar-refractivity contribution in [1.29, 1.82) is 0 Å². The lowest BCUT2D eigenvalue weighted by molar-refractivity contribution is 0.116. The highest BCUT2D eigenvalue weighted by Crippen LogP contribution is 2.27. The molecule has 1 atom stereocenters. The molecular weight excluding hydrogens is 298 g/mol. The van der Waals surface area contributed by atoms with Crippen LogP contribution >= 0.6 is 0 Å². The second-order valence-electron chi connectivity index (χ2n) is 6.58. The molecule has 1 fully saturated rings. The van der Waals surface area contributed by atoms with Crippen molar-refractivity contribution < 1.29 is 4.79 Å². The van der Waals surface area contributed by atoms with Gasteiger partial charge in [-0.3, -0.25) is 0 Å². The van der Waals surface area contributed by atoms with Gasteiger partial charge in [-0.1, -0.05) is 48.5 Å². The maximum absolute atomic E-state index is 13.0. The fourth-order valence-electron chi connectivity index (χ4n) is 3.31. The molecule has 1 heterocycles. The second kappa shape index (κ2) is 7.05. The van der Waals surface area contributed by atoms with Crippen LogP contribution in [0.3, 0.4) is 0 Å². The van der Waals surface area contributed by atoms with Gasteiger partial charge in [-0.25, -0.2) is 4.79 Å². The number of nitrogens with one attached hydrogen (secondary N) is 1. The van der Waals surface area contributed by atoms with Crippen LogP contribution in [0.15, 0.2) is 48.5 Å². The van der Waals surface area contributed by atoms with Gasteiger partial charge >= 0.3 is 6.03 Å². The van der Waals surface area contributed by atoms with Crippen molar-refractivity contribution in [2.45, 2.75) is 19.9 Å². The molecule has 1 aliphatic heterocycles. The Morgan fingerprint density at radius 1 is 1.00 bits per heavy atom. The molecule has 1 N–H and O–H groups in total. The van der Waals surface area contributed by atoms with Gasteiger partial charge in [-0.15, -0.1) is 0 Å². The zero-order valence-corrected chi connectivity index (χ0v) is 14.6. The van der Waals surface area contributed by atoms with E-state index in [9.17, 15) is 4.79 Å². The van der Waals surface area contributed by atoms with Gasteiger partial charge in [0.2, 0.25) is 0 Å². The van der Waals surface area contributed by atoms with Crippen LogP contribution in [0.25, 0.3) is 0 Å². The summed E-state index contributed by atoms with van der Waals surface area (Å²) < 4.78 is 0. The number of urea groups is 1. The molecular formula is C20H25N3O. The first-order valence-corrected chi connectivity index (χ1v) is 8.43. The van der Waals surface area contributed by atoms with Crippen LogP contribution in [0.4, 0.5) is 10.5 Å². The number of carbonyl (C=O) groups is 1. The molecule has 4 nitrogen and oxygen atoms in total. The first-order valence-electron chi connectivity index (χ1n) is 8.43. The van der Waals surface area contributed by atoms with E-state index in [1.807, 2.05) is 55.1 Å². The molecule has 126 valence electrons. The predicted molar refractivity (Wildman–Crippen MR) is 98.3 cm³/mol. The Labute approximate surface area is 144 Å². The maximum Gasteiger partial charge on any atom is 0.322 e. The maximum atomic E-state index is 13.0. The molecule has 2 amide bonds. The molecule has 2 aromatic carbocycles. The van der Waals surface area contributed by atoms with Gasteiger partial charge < -0.3 is 15.1 Å². The lowest BCUT2D eigenvalue weighted by atomic mass is 10.0. The van der Waals surface area contributed by atoms with Crippen LogP contribution in [0.5, 0.6) is 0 Å². The molecule has 1 aliphatic rings. The summed E-state index contributed by atoms with van der Waals surface area (Å²) in [6, 6.07) is 16.4. The fraction of sp³-hybridized carbons (Fsp3) is 0.350. The zero-order chi connectivity index (χ0) is 17.1. The SMILES string of the molecule is Cc1cccc(C)c1NC(=O)N1CCN(C)C[C@@H]1c1ccccc1. The summed E-state index contributed by atoms with van der Waals surface area (Å²) in [5.41, 5.74) is 4.29. The summed E-state index contributed by atoms with van der Waals surface area (Å²) in [5.74, 6) is 0. The van der Waals surface area contributed by atoms with Gasteiger partial charge in [-0.2, -0.15) is 0 Å². The lowest BCUT2D eigenvalue weighted by Crippen LogP contribution is -2.50. The number of anilines is 1. The van der Waals surface area contributed by atoms with Crippen molar-refractivity contribution in [3.8, 4) is 0 Å². The Bertz CT molecular complexity index is 694. The predicted octanol–water partition coefficient (Wildman–Crippen LogP) is 3.82. The van der Waals surface area contributed by atoms with Crippen LogP contribution in [-0.2, 0) is 0 Å². The van der Waals surface area contributed by atoms with Crippen LogP contribution in [0.1, 0.15) is 22.7 Å². The van der Waals surface area contributed by atoms with Crippen LogP contribution < -0.4 is 5.32 Å². The minimum absolute atomic E-state index is 0.0191. The molecule has 3 rings (SSSR count). The van der Waals surface area contributed by atoms with Gasteiger partial charge in [0.15, 0.2) is 0 Å². The van der Waals surface area contributed by atoms with Gasteiger partial charge in [0.1, 0.15) is 0 Å². The van der Waals surface area contributed by atoms with Crippen molar-refractivity contribution >= 4 is 11.7 Å². The molecule has 0 saturated carbocycles. The zero-order valence-electron chi connectivity index (χ0n) is 14.6. The highest BCUT2D eigenvalue weighted by Gasteiger charge is 2.30. The molecule has 4 heteroatoms. The molecule has 0 radical (unpaired) electrons. The van der Waals surface area contributed by atoms with E-state index in [1.54, 1.807) is 0 Å². The average Bonchev–Trinajstić information content (AvgIpc) is 2.59.